The molecule has 3 aliphatic rings. The van der Waals surface area contributed by atoms with E-state index in [9.17, 15) is 4.79 Å². The number of allylic oxidation sites excluding steroid dienone is 7. The molecule has 2 heteroatoms. The molecule has 2 N–H and O–H groups in total. The SMILES string of the molecule is NC(=O)C1CCC2=C1C=CC1=CC=CC12. The Bertz CT molecular complexity index is 451. The highest BCUT2D eigenvalue weighted by atomic mass is 16.1. The summed E-state index contributed by atoms with van der Waals surface area (Å²) in [6, 6.07) is 0. The van der Waals surface area contributed by atoms with Gasteiger partial charge in [0.2, 0.25) is 5.91 Å². The average molecular weight is 199 g/mol. The summed E-state index contributed by atoms with van der Waals surface area (Å²) < 4.78 is 0. The third kappa shape index (κ3) is 1.14. The van der Waals surface area contributed by atoms with Crippen LogP contribution >= 0.6 is 0 Å². The first kappa shape index (κ1) is 8.72. The van der Waals surface area contributed by atoms with Crippen LogP contribution in [0.2, 0.25) is 0 Å². The van der Waals surface area contributed by atoms with Gasteiger partial charge >= 0.3 is 0 Å². The Balaban J connectivity index is 2.04. The first-order valence-electron chi connectivity index (χ1n) is 5.36. The van der Waals surface area contributed by atoms with Crippen molar-refractivity contribution in [1.82, 2.24) is 0 Å². The van der Waals surface area contributed by atoms with Gasteiger partial charge in [-0.25, -0.2) is 0 Å². The molecule has 0 radical (unpaired) electrons. The highest BCUT2D eigenvalue weighted by molar-refractivity contribution is 5.82. The Labute approximate surface area is 88.8 Å². The predicted molar refractivity (Wildman–Crippen MR) is 58.8 cm³/mol. The highest BCUT2D eigenvalue weighted by Gasteiger charge is 2.34. The number of amides is 1. The number of carbonyl (C=O) groups excluding carboxylic acids is 1. The van der Waals surface area contributed by atoms with E-state index < -0.39 is 0 Å². The van der Waals surface area contributed by atoms with Crippen molar-refractivity contribution >= 4 is 5.91 Å². The fourth-order valence-corrected chi connectivity index (χ4v) is 2.83. The summed E-state index contributed by atoms with van der Waals surface area (Å²) in [5, 5.41) is 0. The molecule has 0 saturated heterocycles. The quantitative estimate of drug-likeness (QED) is 0.688. The summed E-state index contributed by atoms with van der Waals surface area (Å²) in [7, 11) is 0. The molecule has 0 aliphatic heterocycles. The Kier molecular flexibility index (Phi) is 1.72. The summed E-state index contributed by atoms with van der Waals surface area (Å²) in [4.78, 5) is 11.3. The second kappa shape index (κ2) is 2.96. The van der Waals surface area contributed by atoms with E-state index in [1.807, 2.05) is 0 Å². The Hall–Kier alpha value is -1.57. The third-order valence-electron chi connectivity index (χ3n) is 3.57. The van der Waals surface area contributed by atoms with Crippen molar-refractivity contribution in [3.63, 3.8) is 0 Å². The molecule has 2 unspecified atom stereocenters. The number of nitrogens with two attached hydrogens (primary N) is 1. The van der Waals surface area contributed by atoms with E-state index in [1.54, 1.807) is 0 Å². The minimum Gasteiger partial charge on any atom is -0.369 e. The van der Waals surface area contributed by atoms with Crippen LogP contribution in [0.5, 0.6) is 0 Å². The number of primary amides is 1. The van der Waals surface area contributed by atoms with Gasteiger partial charge < -0.3 is 5.73 Å². The van der Waals surface area contributed by atoms with Crippen LogP contribution in [0.15, 0.2) is 47.1 Å². The molecule has 15 heavy (non-hydrogen) atoms. The number of rotatable bonds is 1. The van der Waals surface area contributed by atoms with Crippen molar-refractivity contribution in [2.75, 3.05) is 0 Å². The van der Waals surface area contributed by atoms with Crippen molar-refractivity contribution < 1.29 is 4.79 Å². The molecule has 3 rings (SSSR count). The molecule has 2 nitrogen and oxygen atoms in total. The van der Waals surface area contributed by atoms with Gasteiger partial charge in [-0.3, -0.25) is 4.79 Å². The lowest BCUT2D eigenvalue weighted by Crippen LogP contribution is -2.22. The van der Waals surface area contributed by atoms with E-state index in [4.69, 9.17) is 5.73 Å². The zero-order valence-electron chi connectivity index (χ0n) is 8.44. The van der Waals surface area contributed by atoms with Gasteiger partial charge in [0.15, 0.2) is 0 Å². The van der Waals surface area contributed by atoms with Gasteiger partial charge in [0, 0.05) is 5.92 Å². The zero-order chi connectivity index (χ0) is 10.4. The fraction of sp³-hybridized carbons (Fsp3) is 0.308. The molecular formula is C13H13NO. The molecule has 1 amide bonds. The normalized spacial score (nSPS) is 31.6. The smallest absolute Gasteiger partial charge is 0.224 e. The molecule has 76 valence electrons. The second-order valence-corrected chi connectivity index (χ2v) is 4.34. The van der Waals surface area contributed by atoms with Crippen LogP contribution in [-0.2, 0) is 4.79 Å². The Morgan fingerprint density at radius 2 is 2.27 bits per heavy atom. The van der Waals surface area contributed by atoms with Gasteiger partial charge in [0.05, 0.1) is 5.92 Å². The van der Waals surface area contributed by atoms with Gasteiger partial charge in [-0.15, -0.1) is 0 Å². The molecule has 0 aromatic rings. The summed E-state index contributed by atoms with van der Waals surface area (Å²) in [5.41, 5.74) is 9.33. The molecule has 0 aromatic heterocycles. The summed E-state index contributed by atoms with van der Waals surface area (Å²) in [5.74, 6) is 0.195. The minimum atomic E-state index is -0.181. The Morgan fingerprint density at radius 3 is 3.07 bits per heavy atom. The molecule has 2 atom stereocenters. The second-order valence-electron chi connectivity index (χ2n) is 4.34. The van der Waals surface area contributed by atoms with E-state index in [-0.39, 0.29) is 11.8 Å². The Morgan fingerprint density at radius 1 is 1.40 bits per heavy atom. The molecule has 0 fully saturated rings. The van der Waals surface area contributed by atoms with Gasteiger partial charge in [-0.1, -0.05) is 36.0 Å². The van der Waals surface area contributed by atoms with Gasteiger partial charge in [-0.05, 0) is 24.0 Å². The van der Waals surface area contributed by atoms with Gasteiger partial charge in [0.25, 0.3) is 0 Å². The van der Waals surface area contributed by atoms with Crippen LogP contribution in [0.25, 0.3) is 0 Å². The van der Waals surface area contributed by atoms with E-state index >= 15 is 0 Å². The van der Waals surface area contributed by atoms with E-state index in [1.165, 1.54) is 16.7 Å². The van der Waals surface area contributed by atoms with Crippen molar-refractivity contribution in [2.45, 2.75) is 12.8 Å². The molecule has 0 bridgehead atoms. The van der Waals surface area contributed by atoms with Crippen LogP contribution in [0, 0.1) is 11.8 Å². The van der Waals surface area contributed by atoms with Gasteiger partial charge in [0.1, 0.15) is 0 Å². The molecule has 0 heterocycles. The van der Waals surface area contributed by atoms with E-state index in [0.29, 0.717) is 5.92 Å². The summed E-state index contributed by atoms with van der Waals surface area (Å²) in [6.07, 6.45) is 12.5. The number of fused-ring (bicyclic) bond motifs is 2. The predicted octanol–water partition coefficient (Wildman–Crippen LogP) is 1.86. The van der Waals surface area contributed by atoms with Crippen LogP contribution in [-0.4, -0.2) is 5.91 Å². The van der Waals surface area contributed by atoms with Crippen molar-refractivity contribution in [3.8, 4) is 0 Å². The lowest BCUT2D eigenvalue weighted by molar-refractivity contribution is -0.120. The molecule has 0 aromatic carbocycles. The maximum absolute atomic E-state index is 11.3. The van der Waals surface area contributed by atoms with E-state index in [2.05, 4.69) is 30.4 Å². The molecule has 3 aliphatic carbocycles. The van der Waals surface area contributed by atoms with E-state index in [0.717, 1.165) is 12.8 Å². The first-order chi connectivity index (χ1) is 7.27. The van der Waals surface area contributed by atoms with Crippen LogP contribution < -0.4 is 5.73 Å². The molecule has 0 spiro atoms. The maximum Gasteiger partial charge on any atom is 0.224 e. The third-order valence-corrected chi connectivity index (χ3v) is 3.57. The standard InChI is InChI=1S/C13H13NO/c14-13(15)12-7-6-10-9-3-1-2-8(9)4-5-11(10)12/h1-5,9,12H,6-7H2,(H2,14,15). The van der Waals surface area contributed by atoms with Crippen molar-refractivity contribution in [1.29, 1.82) is 0 Å². The lowest BCUT2D eigenvalue weighted by atomic mass is 9.85. The number of hydrogen-bond donors (Lipinski definition) is 1. The number of carbonyl (C=O) groups is 1. The molecular weight excluding hydrogens is 186 g/mol. The zero-order valence-corrected chi connectivity index (χ0v) is 8.44. The van der Waals surface area contributed by atoms with Crippen molar-refractivity contribution in [2.24, 2.45) is 17.6 Å². The first-order valence-corrected chi connectivity index (χ1v) is 5.36. The van der Waals surface area contributed by atoms with Crippen LogP contribution in [0.3, 0.4) is 0 Å². The highest BCUT2D eigenvalue weighted by Crippen LogP contribution is 2.44. The number of hydrogen-bond acceptors (Lipinski definition) is 1. The van der Waals surface area contributed by atoms with Crippen LogP contribution in [0.1, 0.15) is 12.8 Å². The largest absolute Gasteiger partial charge is 0.369 e. The summed E-state index contributed by atoms with van der Waals surface area (Å²) >= 11 is 0. The van der Waals surface area contributed by atoms with Gasteiger partial charge in [-0.2, -0.15) is 0 Å². The molecule has 0 saturated carbocycles. The lowest BCUT2D eigenvalue weighted by Gasteiger charge is -2.19. The topological polar surface area (TPSA) is 43.1 Å². The minimum absolute atomic E-state index is 0.0493. The summed E-state index contributed by atoms with van der Waals surface area (Å²) in [6.45, 7) is 0. The maximum atomic E-state index is 11.3. The fourth-order valence-electron chi connectivity index (χ4n) is 2.83. The average Bonchev–Trinajstić information content (AvgIpc) is 2.82. The van der Waals surface area contributed by atoms with Crippen LogP contribution in [0.4, 0.5) is 0 Å². The van der Waals surface area contributed by atoms with Crippen molar-refractivity contribution in [3.05, 3.63) is 47.1 Å². The monoisotopic (exact) mass is 199 g/mol.